The summed E-state index contributed by atoms with van der Waals surface area (Å²) >= 11 is 0. The lowest BCUT2D eigenvalue weighted by Crippen LogP contribution is -2.22. The van der Waals surface area contributed by atoms with Gasteiger partial charge in [-0.2, -0.15) is 4.98 Å². The monoisotopic (exact) mass is 470 g/mol. The van der Waals surface area contributed by atoms with Crippen molar-refractivity contribution in [2.24, 2.45) is 5.92 Å². The van der Waals surface area contributed by atoms with Gasteiger partial charge < -0.3 is 29.9 Å². The summed E-state index contributed by atoms with van der Waals surface area (Å²) in [5.74, 6) is -0.330. The zero-order valence-corrected chi connectivity index (χ0v) is 18.5. The number of carbonyl (C=O) groups is 2. The van der Waals surface area contributed by atoms with Crippen LogP contribution in [0.3, 0.4) is 0 Å². The second kappa shape index (κ2) is 10.3. The van der Waals surface area contributed by atoms with Crippen molar-refractivity contribution in [1.82, 2.24) is 25.7 Å². The van der Waals surface area contributed by atoms with E-state index in [2.05, 4.69) is 31.0 Å². The fraction of sp³-hybridized carbons (Fsp3) is 0.364. The molecule has 12 nitrogen and oxygen atoms in total. The van der Waals surface area contributed by atoms with Crippen LogP contribution in [0.15, 0.2) is 28.8 Å². The number of nitrogens with one attached hydrogen (secondary N) is 3. The Balaban J connectivity index is 1.69. The smallest absolute Gasteiger partial charge is 0.273 e. The Labute approximate surface area is 199 Å². The number of hydrogen-bond acceptors (Lipinski definition) is 10. The highest BCUT2D eigenvalue weighted by Gasteiger charge is 2.30. The molecule has 3 aromatic rings. The minimum absolute atomic E-state index is 0.0865. The highest BCUT2D eigenvalue weighted by molar-refractivity contribution is 6.00. The van der Waals surface area contributed by atoms with Crippen LogP contribution in [-0.4, -0.2) is 52.8 Å². The Morgan fingerprint density at radius 2 is 2.12 bits per heavy atom. The van der Waals surface area contributed by atoms with Gasteiger partial charge in [0.15, 0.2) is 17.3 Å². The molecule has 1 aliphatic carbocycles. The fourth-order valence-corrected chi connectivity index (χ4v) is 3.14. The van der Waals surface area contributed by atoms with Gasteiger partial charge in [-0.15, -0.1) is 10.2 Å². The summed E-state index contributed by atoms with van der Waals surface area (Å²) in [6, 6.07) is 6.47. The summed E-state index contributed by atoms with van der Waals surface area (Å²) < 4.78 is 38.2. The third-order valence-corrected chi connectivity index (χ3v) is 4.95. The predicted molar refractivity (Wildman–Crippen MR) is 122 cm³/mol. The van der Waals surface area contributed by atoms with E-state index in [1.54, 1.807) is 18.2 Å². The van der Waals surface area contributed by atoms with Gasteiger partial charge in [-0.3, -0.25) is 9.59 Å². The van der Waals surface area contributed by atoms with Crippen LogP contribution in [0.2, 0.25) is 0 Å². The molecule has 34 heavy (non-hydrogen) atoms. The molecule has 2 amide bonds. The highest BCUT2D eigenvalue weighted by atomic mass is 16.5. The van der Waals surface area contributed by atoms with E-state index in [0.717, 1.165) is 12.8 Å². The maximum Gasteiger partial charge on any atom is 0.273 e. The minimum Gasteiger partial charge on any atom is -0.494 e. The number of aromatic nitrogens is 4. The molecular formula is C22H25N7O5. The second-order valence-corrected chi connectivity index (χ2v) is 7.37. The molecule has 178 valence electrons. The van der Waals surface area contributed by atoms with E-state index >= 15 is 0 Å². The topological polar surface area (TPSA) is 153 Å². The third-order valence-electron chi connectivity index (χ3n) is 4.95. The van der Waals surface area contributed by atoms with E-state index in [1.807, 2.05) is 12.2 Å². The molecule has 1 aromatic carbocycles. The number of hydrogen-bond donors (Lipinski definition) is 3. The van der Waals surface area contributed by atoms with Crippen molar-refractivity contribution >= 4 is 29.0 Å². The van der Waals surface area contributed by atoms with E-state index in [-0.39, 0.29) is 47.3 Å². The lowest BCUT2D eigenvalue weighted by Gasteiger charge is -2.16. The average molecular weight is 471 g/mol. The molecule has 0 radical (unpaired) electrons. The molecule has 0 atom stereocenters. The van der Waals surface area contributed by atoms with E-state index < -0.39 is 12.9 Å². The Hall–Kier alpha value is -4.06. The first-order valence-electron chi connectivity index (χ1n) is 12.0. The van der Waals surface area contributed by atoms with Gasteiger partial charge in [0.25, 0.3) is 11.8 Å². The van der Waals surface area contributed by atoms with Crippen molar-refractivity contribution in [3.63, 3.8) is 0 Å². The largest absolute Gasteiger partial charge is 0.494 e. The average Bonchev–Trinajstić information content (AvgIpc) is 3.60. The molecule has 2 heterocycles. The molecule has 0 saturated heterocycles. The van der Waals surface area contributed by atoms with E-state index in [1.165, 1.54) is 13.2 Å². The van der Waals surface area contributed by atoms with Gasteiger partial charge in [0, 0.05) is 29.7 Å². The van der Waals surface area contributed by atoms with Crippen molar-refractivity contribution in [2.75, 3.05) is 31.3 Å². The van der Waals surface area contributed by atoms with Gasteiger partial charge in [0.2, 0.25) is 11.7 Å². The van der Waals surface area contributed by atoms with Crippen LogP contribution in [0.25, 0.3) is 11.4 Å². The van der Waals surface area contributed by atoms with Crippen LogP contribution < -0.4 is 20.7 Å². The summed E-state index contributed by atoms with van der Waals surface area (Å²) in [6.45, 7) is -0.256. The molecule has 1 saturated carbocycles. The number of para-hydroxylation sites is 1. The molecule has 2 aromatic heterocycles. The van der Waals surface area contributed by atoms with Gasteiger partial charge in [-0.1, -0.05) is 11.2 Å². The molecule has 0 spiro atoms. The number of carbonyl (C=O) groups excluding carboxylic acids is 2. The summed E-state index contributed by atoms with van der Waals surface area (Å²) in [4.78, 5) is 29.2. The second-order valence-electron chi connectivity index (χ2n) is 7.37. The summed E-state index contributed by atoms with van der Waals surface area (Å²) in [6.07, 6.45) is 1.57. The molecule has 0 aliphatic heterocycles. The molecule has 3 N–H and O–H groups in total. The Morgan fingerprint density at radius 3 is 2.85 bits per heavy atom. The van der Waals surface area contributed by atoms with Crippen molar-refractivity contribution < 1.29 is 27.7 Å². The standard InChI is InChI=1S/C22H25N7O5/c1-4-33-11-17-26-20(29-34-17)13-6-5-7-14(19(13)32-3)24-15-10-16(25-21(30)12-8-9-12)27-28-18(15)22(31)23-2/h5-7,10,12H,4,8-9,11H2,1-3H3,(H,23,31)(H2,24,25,27,30)/i2D3. The first kappa shape index (κ1) is 19.4. The minimum atomic E-state index is -2.75. The van der Waals surface area contributed by atoms with Crippen molar-refractivity contribution in [3.05, 3.63) is 35.9 Å². The highest BCUT2D eigenvalue weighted by Crippen LogP contribution is 2.37. The maximum absolute atomic E-state index is 12.7. The van der Waals surface area contributed by atoms with Crippen LogP contribution in [-0.2, 0) is 16.1 Å². The lowest BCUT2D eigenvalue weighted by atomic mass is 10.1. The van der Waals surface area contributed by atoms with Gasteiger partial charge in [0.1, 0.15) is 6.61 Å². The zero-order valence-electron chi connectivity index (χ0n) is 21.5. The SMILES string of the molecule is [2H]C([2H])([2H])NC(=O)c1nnc(NC(=O)C2CC2)cc1Nc1cccc(-c2noc(COCC)n2)c1OC. The molecule has 4 rings (SSSR count). The first-order valence-corrected chi connectivity index (χ1v) is 10.5. The number of amides is 2. The molecular weight excluding hydrogens is 442 g/mol. The van der Waals surface area contributed by atoms with Crippen molar-refractivity contribution in [2.45, 2.75) is 26.4 Å². The summed E-state index contributed by atoms with van der Waals surface area (Å²) in [5.41, 5.74) is 0.651. The number of anilines is 3. The van der Waals surface area contributed by atoms with E-state index in [0.29, 0.717) is 23.6 Å². The van der Waals surface area contributed by atoms with Crippen LogP contribution in [0.4, 0.5) is 17.2 Å². The molecule has 1 aliphatic rings. The van der Waals surface area contributed by atoms with Crippen LogP contribution in [0.1, 0.15) is 40.3 Å². The molecule has 1 fully saturated rings. The fourth-order valence-electron chi connectivity index (χ4n) is 3.14. The van der Waals surface area contributed by atoms with Gasteiger partial charge in [0.05, 0.1) is 24.0 Å². The van der Waals surface area contributed by atoms with Gasteiger partial charge in [-0.05, 0) is 31.9 Å². The summed E-state index contributed by atoms with van der Waals surface area (Å²) in [5, 5.41) is 19.3. The first-order chi connectivity index (χ1) is 17.7. The summed E-state index contributed by atoms with van der Waals surface area (Å²) in [7, 11) is 1.44. The van der Waals surface area contributed by atoms with Crippen LogP contribution in [0, 0.1) is 5.92 Å². The maximum atomic E-state index is 12.7. The predicted octanol–water partition coefficient (Wildman–Crippen LogP) is 2.52. The number of methoxy groups -OCH3 is 1. The molecule has 0 bridgehead atoms. The molecule has 12 heteroatoms. The zero-order chi connectivity index (χ0) is 26.6. The van der Waals surface area contributed by atoms with Crippen LogP contribution in [0.5, 0.6) is 5.75 Å². The quantitative estimate of drug-likeness (QED) is 0.403. The Bertz CT molecular complexity index is 1290. The van der Waals surface area contributed by atoms with E-state index in [9.17, 15) is 9.59 Å². The number of ether oxygens (including phenoxy) is 2. The Morgan fingerprint density at radius 1 is 1.26 bits per heavy atom. The van der Waals surface area contributed by atoms with Crippen molar-refractivity contribution in [3.8, 4) is 17.1 Å². The third kappa shape index (κ3) is 5.12. The molecule has 0 unspecified atom stereocenters. The lowest BCUT2D eigenvalue weighted by molar-refractivity contribution is -0.117. The number of rotatable bonds is 10. The van der Waals surface area contributed by atoms with Crippen molar-refractivity contribution in [1.29, 1.82) is 0 Å². The number of nitrogens with zero attached hydrogens (tertiary/aromatic N) is 4. The number of benzene rings is 1. The Kier molecular flexibility index (Phi) is 5.85. The van der Waals surface area contributed by atoms with Gasteiger partial charge >= 0.3 is 0 Å². The van der Waals surface area contributed by atoms with Gasteiger partial charge in [-0.25, -0.2) is 0 Å². The van der Waals surface area contributed by atoms with Crippen LogP contribution >= 0.6 is 0 Å². The van der Waals surface area contributed by atoms with E-state index in [4.69, 9.17) is 18.1 Å². The normalized spacial score (nSPS) is 14.5.